The lowest BCUT2D eigenvalue weighted by Gasteiger charge is -2.23. The molecule has 0 aromatic heterocycles. The summed E-state index contributed by atoms with van der Waals surface area (Å²) in [5.74, 6) is 0.319. The fourth-order valence-electron chi connectivity index (χ4n) is 4.33. The third-order valence-corrected chi connectivity index (χ3v) is 5.85. The van der Waals surface area contributed by atoms with Gasteiger partial charge >= 0.3 is 5.97 Å². The van der Waals surface area contributed by atoms with Crippen LogP contribution < -0.4 is 0 Å². The van der Waals surface area contributed by atoms with E-state index in [4.69, 9.17) is 4.74 Å². The van der Waals surface area contributed by atoms with Gasteiger partial charge in [-0.2, -0.15) is 0 Å². The molecular formula is C17H26NO3+. The normalized spacial score (nSPS) is 44.9. The molecule has 21 heavy (non-hydrogen) atoms. The first-order chi connectivity index (χ1) is 9.90. The van der Waals surface area contributed by atoms with Crippen LogP contribution >= 0.6 is 0 Å². The maximum absolute atomic E-state index is 12.2. The zero-order valence-corrected chi connectivity index (χ0v) is 13.3. The molecule has 1 saturated heterocycles. The van der Waals surface area contributed by atoms with Crippen LogP contribution in [-0.4, -0.2) is 30.4 Å². The average molecular weight is 292 g/mol. The Hall–Kier alpha value is -1.19. The van der Waals surface area contributed by atoms with Crippen LogP contribution in [0.5, 0.6) is 0 Å². The number of rotatable bonds is 2. The number of fused-ring (bicyclic) bond motifs is 3. The van der Waals surface area contributed by atoms with Crippen LogP contribution in [0.4, 0.5) is 0 Å². The third-order valence-electron chi connectivity index (χ3n) is 5.85. The number of carbonyl (C=O) groups excluding carboxylic acids is 1. The van der Waals surface area contributed by atoms with Crippen molar-refractivity contribution >= 4 is 5.97 Å². The number of nitroso groups, excluding NO2 is 1. The van der Waals surface area contributed by atoms with Crippen LogP contribution in [0.25, 0.3) is 0 Å². The van der Waals surface area contributed by atoms with E-state index in [1.807, 2.05) is 0 Å². The molecule has 0 spiro atoms. The monoisotopic (exact) mass is 292 g/mol. The molecule has 0 aromatic carbocycles. The molecule has 0 radical (unpaired) electrons. The van der Waals surface area contributed by atoms with Gasteiger partial charge in [0.2, 0.25) is 6.54 Å². The van der Waals surface area contributed by atoms with Crippen LogP contribution in [0.3, 0.4) is 0 Å². The number of allylic oxidation sites excluding steroid dienone is 2. The highest BCUT2D eigenvalue weighted by atomic mass is 16.6. The summed E-state index contributed by atoms with van der Waals surface area (Å²) in [7, 11) is 1.49. The van der Waals surface area contributed by atoms with Gasteiger partial charge in [0.1, 0.15) is 12.0 Å². The number of nitrogens with zero attached hydrogens (tertiary/aromatic N) is 1. The molecule has 4 heteroatoms. The molecule has 3 rings (SSSR count). The van der Waals surface area contributed by atoms with Crippen molar-refractivity contribution < 1.29 is 14.3 Å². The lowest BCUT2D eigenvalue weighted by Crippen LogP contribution is -2.29. The summed E-state index contributed by atoms with van der Waals surface area (Å²) < 4.78 is 6.62. The number of carbonyl (C=O) groups is 1. The van der Waals surface area contributed by atoms with Gasteiger partial charge in [-0.1, -0.05) is 18.6 Å². The molecule has 116 valence electrons. The third kappa shape index (κ3) is 2.77. The molecule has 3 aliphatic rings. The first-order valence-corrected chi connectivity index (χ1v) is 8.15. The Morgan fingerprint density at radius 3 is 2.95 bits per heavy atom. The maximum Gasteiger partial charge on any atom is 0.316 e. The van der Waals surface area contributed by atoms with E-state index in [0.717, 1.165) is 30.4 Å². The highest BCUT2D eigenvalue weighted by molar-refractivity contribution is 5.75. The first-order valence-electron chi connectivity index (χ1n) is 8.15. The van der Waals surface area contributed by atoms with Crippen molar-refractivity contribution in [2.45, 2.75) is 52.1 Å². The second-order valence-electron chi connectivity index (χ2n) is 7.57. The first kappa shape index (κ1) is 14.7. The van der Waals surface area contributed by atoms with Gasteiger partial charge in [0.15, 0.2) is 7.05 Å². The van der Waals surface area contributed by atoms with Crippen molar-refractivity contribution in [1.82, 2.24) is 0 Å². The van der Waals surface area contributed by atoms with E-state index < -0.39 is 0 Å². The predicted octanol–water partition coefficient (Wildman–Crippen LogP) is 3.10. The maximum atomic E-state index is 12.2. The predicted molar refractivity (Wildman–Crippen MR) is 79.7 cm³/mol. The molecule has 0 bridgehead atoms. The second kappa shape index (κ2) is 5.22. The zero-order chi connectivity index (χ0) is 15.2. The number of hydrogen-bond donors (Lipinski definition) is 0. The molecule has 1 saturated carbocycles. The second-order valence-corrected chi connectivity index (χ2v) is 7.57. The van der Waals surface area contributed by atoms with E-state index in [0.29, 0.717) is 11.3 Å². The van der Waals surface area contributed by atoms with Gasteiger partial charge in [0, 0.05) is 16.7 Å². The molecule has 1 heterocycles. The van der Waals surface area contributed by atoms with Crippen molar-refractivity contribution in [3.63, 3.8) is 0 Å². The fraction of sp³-hybridized carbons (Fsp3) is 0.824. The summed E-state index contributed by atoms with van der Waals surface area (Å²) >= 11 is 0. The van der Waals surface area contributed by atoms with E-state index in [-0.39, 0.29) is 30.5 Å². The topological polar surface area (TPSA) is 46.4 Å². The van der Waals surface area contributed by atoms with Crippen molar-refractivity contribution in [3.05, 3.63) is 16.6 Å². The van der Waals surface area contributed by atoms with Crippen LogP contribution in [0, 0.1) is 28.1 Å². The van der Waals surface area contributed by atoms with Gasteiger partial charge in [-0.25, -0.2) is 0 Å². The molecule has 0 amide bonds. The Labute approximate surface area is 126 Å². The SMILES string of the molecule is C/C1=C\CC[C@@]2(C)C[C@H]2[C@H]2OC(=O)[C@@H](C[N+](C)=O)[C@@H]2CC1. The molecule has 2 fully saturated rings. The Kier molecular flexibility index (Phi) is 3.66. The number of esters is 1. The summed E-state index contributed by atoms with van der Waals surface area (Å²) in [5, 5.41) is 0. The smallest absolute Gasteiger partial charge is 0.316 e. The summed E-state index contributed by atoms with van der Waals surface area (Å²) in [4.78, 5) is 23.6. The lowest BCUT2D eigenvalue weighted by molar-refractivity contribution is -0.525. The highest BCUT2D eigenvalue weighted by Crippen LogP contribution is 2.61. The molecular weight excluding hydrogens is 266 g/mol. The Bertz CT molecular complexity index is 498. The summed E-state index contributed by atoms with van der Waals surface area (Å²) in [6, 6.07) is 0. The Morgan fingerprint density at radius 1 is 1.48 bits per heavy atom. The summed E-state index contributed by atoms with van der Waals surface area (Å²) in [5.41, 5.74) is 1.74. The van der Waals surface area contributed by atoms with Crippen molar-refractivity contribution in [1.29, 1.82) is 0 Å². The molecule has 0 aromatic rings. The minimum absolute atomic E-state index is 0.0401. The Balaban J connectivity index is 1.85. The standard InChI is InChI=1S/C17H26NO3/c1-11-5-4-8-17(2)9-14(17)15-12(7-6-11)13(10-18(3)20)16(19)21-15/h5,12-15H,4,6-10H2,1-3H3/q+1/b11-5+/t12-,13-,14-,15-,17-/m0/s1. The van der Waals surface area contributed by atoms with E-state index in [1.54, 1.807) is 0 Å². The Morgan fingerprint density at radius 2 is 2.24 bits per heavy atom. The van der Waals surface area contributed by atoms with E-state index in [1.165, 1.54) is 19.0 Å². The van der Waals surface area contributed by atoms with Gasteiger partial charge < -0.3 is 4.74 Å². The summed E-state index contributed by atoms with van der Waals surface area (Å²) in [6.07, 6.45) is 7.85. The largest absolute Gasteiger partial charge is 0.461 e. The average Bonchev–Trinajstić information content (AvgIpc) is 2.97. The van der Waals surface area contributed by atoms with Crippen molar-refractivity contribution in [3.8, 4) is 0 Å². The van der Waals surface area contributed by atoms with Crippen LogP contribution in [-0.2, 0) is 9.53 Å². The van der Waals surface area contributed by atoms with Gasteiger partial charge in [0.05, 0.1) is 0 Å². The van der Waals surface area contributed by atoms with Crippen LogP contribution in [0.2, 0.25) is 0 Å². The van der Waals surface area contributed by atoms with Crippen LogP contribution in [0.15, 0.2) is 11.6 Å². The minimum Gasteiger partial charge on any atom is -0.461 e. The van der Waals surface area contributed by atoms with Crippen molar-refractivity contribution in [2.75, 3.05) is 13.6 Å². The fourth-order valence-corrected chi connectivity index (χ4v) is 4.33. The van der Waals surface area contributed by atoms with Gasteiger partial charge in [0.25, 0.3) is 0 Å². The van der Waals surface area contributed by atoms with Gasteiger partial charge in [-0.05, 0) is 49.2 Å². The highest BCUT2D eigenvalue weighted by Gasteiger charge is 2.61. The zero-order valence-electron chi connectivity index (χ0n) is 13.3. The van der Waals surface area contributed by atoms with E-state index in [9.17, 15) is 9.70 Å². The molecule has 5 atom stereocenters. The van der Waals surface area contributed by atoms with Crippen LogP contribution in [0.1, 0.15) is 46.0 Å². The molecule has 2 aliphatic carbocycles. The molecule has 0 unspecified atom stereocenters. The minimum atomic E-state index is -0.241. The number of hydrogen-bond acceptors (Lipinski definition) is 3. The van der Waals surface area contributed by atoms with E-state index >= 15 is 0 Å². The molecule has 1 aliphatic heterocycles. The van der Waals surface area contributed by atoms with Crippen molar-refractivity contribution in [2.24, 2.45) is 23.2 Å². The summed E-state index contributed by atoms with van der Waals surface area (Å²) in [6.45, 7) is 4.77. The number of ether oxygens (including phenoxy) is 1. The van der Waals surface area contributed by atoms with E-state index in [2.05, 4.69) is 19.9 Å². The lowest BCUT2D eigenvalue weighted by atomic mass is 9.80. The molecule has 0 N–H and O–H groups in total. The molecule has 4 nitrogen and oxygen atoms in total. The van der Waals surface area contributed by atoms with Gasteiger partial charge in [-0.3, -0.25) is 4.79 Å². The van der Waals surface area contributed by atoms with Gasteiger partial charge in [-0.15, -0.1) is 0 Å². The quantitative estimate of drug-likeness (QED) is 0.446.